The molecule has 2 fully saturated rings. The number of carbonyl (C=O) groups is 2. The number of nitrogens with zero attached hydrogens (tertiary/aromatic N) is 5. The molecule has 0 unspecified atom stereocenters. The predicted octanol–water partition coefficient (Wildman–Crippen LogP) is 1.44. The Morgan fingerprint density at radius 1 is 1.14 bits per heavy atom. The average Bonchev–Trinajstić information content (AvgIpc) is 3.16. The van der Waals surface area contributed by atoms with Crippen LogP contribution in [0.1, 0.15) is 53.7 Å². The zero-order valence-electron chi connectivity index (χ0n) is 16.0. The molecule has 0 spiro atoms. The number of methoxy groups -OCH3 is 1. The molecule has 28 heavy (non-hydrogen) atoms. The molecule has 2 aromatic rings. The molecule has 0 bridgehead atoms. The third-order valence-corrected chi connectivity index (χ3v) is 5.47. The van der Waals surface area contributed by atoms with Crippen LogP contribution in [0, 0.1) is 0 Å². The SMILES string of the molecule is COc1ccc(C(=O)N2CC(c3nc(C4CCN(C(C)=O)CC4)no3)C2)cn1. The number of hydrogen-bond donors (Lipinski definition) is 0. The molecule has 9 nitrogen and oxygen atoms in total. The van der Waals surface area contributed by atoms with E-state index in [1.54, 1.807) is 24.0 Å². The van der Waals surface area contributed by atoms with Gasteiger partial charge in [-0.3, -0.25) is 9.59 Å². The fraction of sp³-hybridized carbons (Fsp3) is 0.526. The number of hydrogen-bond acceptors (Lipinski definition) is 7. The Hall–Kier alpha value is -2.97. The molecular formula is C19H23N5O4. The lowest BCUT2D eigenvalue weighted by Gasteiger charge is -2.37. The maximum absolute atomic E-state index is 12.5. The summed E-state index contributed by atoms with van der Waals surface area (Å²) in [5, 5.41) is 4.14. The molecule has 2 amide bonds. The topological polar surface area (TPSA) is 102 Å². The van der Waals surface area contributed by atoms with Gasteiger partial charge in [0.05, 0.1) is 18.6 Å². The summed E-state index contributed by atoms with van der Waals surface area (Å²) in [5.74, 6) is 2.10. The largest absolute Gasteiger partial charge is 0.481 e. The van der Waals surface area contributed by atoms with Crippen molar-refractivity contribution in [3.05, 3.63) is 35.6 Å². The van der Waals surface area contributed by atoms with Gasteiger partial charge in [-0.2, -0.15) is 4.98 Å². The number of likely N-dealkylation sites (tertiary alicyclic amines) is 2. The molecule has 4 rings (SSSR count). The quantitative estimate of drug-likeness (QED) is 0.785. The van der Waals surface area contributed by atoms with E-state index >= 15 is 0 Å². The van der Waals surface area contributed by atoms with Crippen LogP contribution >= 0.6 is 0 Å². The molecule has 2 saturated heterocycles. The third-order valence-electron chi connectivity index (χ3n) is 5.47. The van der Waals surface area contributed by atoms with Crippen LogP contribution < -0.4 is 4.74 Å². The smallest absolute Gasteiger partial charge is 0.255 e. The standard InChI is InChI=1S/C19H23N5O4/c1-12(25)23-7-5-13(6-8-23)17-21-18(28-22-17)15-10-24(11-15)19(26)14-3-4-16(27-2)20-9-14/h3-4,9,13,15H,5-8,10-11H2,1-2H3. The van der Waals surface area contributed by atoms with Crippen LogP contribution in [-0.4, -0.2) is 70.0 Å². The van der Waals surface area contributed by atoms with Gasteiger partial charge in [-0.05, 0) is 18.9 Å². The van der Waals surface area contributed by atoms with E-state index in [0.29, 0.717) is 36.2 Å². The van der Waals surface area contributed by atoms with Crippen LogP contribution in [0.4, 0.5) is 0 Å². The van der Waals surface area contributed by atoms with Gasteiger partial charge < -0.3 is 19.1 Å². The summed E-state index contributed by atoms with van der Waals surface area (Å²) in [6.07, 6.45) is 3.21. The lowest BCUT2D eigenvalue weighted by molar-refractivity contribution is -0.129. The van der Waals surface area contributed by atoms with Gasteiger partial charge >= 0.3 is 0 Å². The molecule has 0 atom stereocenters. The summed E-state index contributed by atoms with van der Waals surface area (Å²) in [6, 6.07) is 3.38. The zero-order chi connectivity index (χ0) is 19.7. The van der Waals surface area contributed by atoms with Crippen LogP contribution in [0.2, 0.25) is 0 Å². The highest BCUT2D eigenvalue weighted by Crippen LogP contribution is 2.31. The van der Waals surface area contributed by atoms with E-state index in [1.807, 2.05) is 4.90 Å². The van der Waals surface area contributed by atoms with E-state index in [2.05, 4.69) is 15.1 Å². The van der Waals surface area contributed by atoms with Gasteiger partial charge in [0.2, 0.25) is 17.7 Å². The maximum Gasteiger partial charge on any atom is 0.255 e. The number of pyridine rings is 1. The second-order valence-corrected chi connectivity index (χ2v) is 7.27. The van der Waals surface area contributed by atoms with Gasteiger partial charge in [0, 0.05) is 51.3 Å². The summed E-state index contributed by atoms with van der Waals surface area (Å²) in [6.45, 7) is 4.15. The second-order valence-electron chi connectivity index (χ2n) is 7.27. The summed E-state index contributed by atoms with van der Waals surface area (Å²) in [4.78, 5) is 36.2. The number of ether oxygens (including phenoxy) is 1. The van der Waals surface area contributed by atoms with Gasteiger partial charge in [0.15, 0.2) is 5.82 Å². The van der Waals surface area contributed by atoms with Gasteiger partial charge in [0.1, 0.15) is 0 Å². The molecule has 0 radical (unpaired) electrons. The van der Waals surface area contributed by atoms with Gasteiger partial charge in [0.25, 0.3) is 5.91 Å². The molecule has 0 aliphatic carbocycles. The Bertz CT molecular complexity index is 851. The Labute approximate surface area is 162 Å². The second kappa shape index (κ2) is 7.57. The highest BCUT2D eigenvalue weighted by Gasteiger charge is 2.37. The van der Waals surface area contributed by atoms with Crippen LogP contribution in [0.15, 0.2) is 22.9 Å². The molecule has 2 aromatic heterocycles. The number of amides is 2. The van der Waals surface area contributed by atoms with Crippen molar-refractivity contribution in [3.63, 3.8) is 0 Å². The summed E-state index contributed by atoms with van der Waals surface area (Å²) in [7, 11) is 1.54. The van der Waals surface area contributed by atoms with E-state index in [4.69, 9.17) is 9.26 Å². The van der Waals surface area contributed by atoms with Crippen molar-refractivity contribution in [2.24, 2.45) is 0 Å². The fourth-order valence-electron chi connectivity index (χ4n) is 3.64. The highest BCUT2D eigenvalue weighted by atomic mass is 16.5. The molecule has 2 aliphatic heterocycles. The number of rotatable bonds is 4. The van der Waals surface area contributed by atoms with E-state index in [1.165, 1.54) is 13.3 Å². The number of carbonyl (C=O) groups excluding carboxylic acids is 2. The van der Waals surface area contributed by atoms with E-state index in [-0.39, 0.29) is 23.7 Å². The first kappa shape index (κ1) is 18.4. The summed E-state index contributed by atoms with van der Waals surface area (Å²) < 4.78 is 10.5. The minimum atomic E-state index is -0.0669. The van der Waals surface area contributed by atoms with Gasteiger partial charge in [-0.25, -0.2) is 4.98 Å². The maximum atomic E-state index is 12.5. The molecular weight excluding hydrogens is 362 g/mol. The van der Waals surface area contributed by atoms with E-state index in [0.717, 1.165) is 25.9 Å². The molecule has 0 saturated carbocycles. The van der Waals surface area contributed by atoms with Crippen molar-refractivity contribution in [1.29, 1.82) is 0 Å². The number of aromatic nitrogens is 3. The van der Waals surface area contributed by atoms with Crippen LogP contribution in [0.25, 0.3) is 0 Å². The Kier molecular flexibility index (Phi) is 4.97. The van der Waals surface area contributed by atoms with Crippen LogP contribution in [0.5, 0.6) is 5.88 Å². The van der Waals surface area contributed by atoms with Gasteiger partial charge in [-0.15, -0.1) is 0 Å². The summed E-state index contributed by atoms with van der Waals surface area (Å²) in [5.41, 5.74) is 0.530. The monoisotopic (exact) mass is 385 g/mol. The first-order valence-electron chi connectivity index (χ1n) is 9.43. The van der Waals surface area contributed by atoms with Crippen molar-refractivity contribution >= 4 is 11.8 Å². The Morgan fingerprint density at radius 2 is 1.89 bits per heavy atom. The molecule has 0 aromatic carbocycles. The van der Waals surface area contributed by atoms with Crippen molar-refractivity contribution in [3.8, 4) is 5.88 Å². The van der Waals surface area contributed by atoms with Crippen LogP contribution in [0.3, 0.4) is 0 Å². The normalized spacial score (nSPS) is 18.1. The Morgan fingerprint density at radius 3 is 2.50 bits per heavy atom. The molecule has 9 heteroatoms. The fourth-order valence-corrected chi connectivity index (χ4v) is 3.64. The summed E-state index contributed by atoms with van der Waals surface area (Å²) >= 11 is 0. The van der Waals surface area contributed by atoms with Gasteiger partial charge in [-0.1, -0.05) is 5.16 Å². The molecule has 4 heterocycles. The Balaban J connectivity index is 1.31. The first-order valence-corrected chi connectivity index (χ1v) is 9.43. The van der Waals surface area contributed by atoms with Crippen molar-refractivity contribution < 1.29 is 18.8 Å². The predicted molar refractivity (Wildman–Crippen MR) is 98.0 cm³/mol. The molecule has 2 aliphatic rings. The lowest BCUT2D eigenvalue weighted by atomic mass is 9.95. The minimum Gasteiger partial charge on any atom is -0.481 e. The third kappa shape index (κ3) is 3.56. The van der Waals surface area contributed by atoms with E-state index < -0.39 is 0 Å². The zero-order valence-corrected chi connectivity index (χ0v) is 16.0. The highest BCUT2D eigenvalue weighted by molar-refractivity contribution is 5.94. The molecule has 0 N–H and O–H groups in total. The van der Waals surface area contributed by atoms with Crippen molar-refractivity contribution in [2.45, 2.75) is 31.6 Å². The minimum absolute atomic E-state index is 0.0636. The van der Waals surface area contributed by atoms with Crippen molar-refractivity contribution in [2.75, 3.05) is 33.3 Å². The average molecular weight is 385 g/mol. The molecule has 148 valence electrons. The van der Waals surface area contributed by atoms with Crippen LogP contribution in [-0.2, 0) is 4.79 Å². The van der Waals surface area contributed by atoms with Crippen molar-refractivity contribution in [1.82, 2.24) is 24.9 Å². The lowest BCUT2D eigenvalue weighted by Crippen LogP contribution is -2.48. The number of piperidine rings is 1. The first-order chi connectivity index (χ1) is 13.5. The van der Waals surface area contributed by atoms with E-state index in [9.17, 15) is 9.59 Å².